The third kappa shape index (κ3) is 6.00. The summed E-state index contributed by atoms with van der Waals surface area (Å²) in [5.74, 6) is -1.21. The molecule has 3 saturated heterocycles. The Morgan fingerprint density at radius 2 is 1.84 bits per heavy atom. The van der Waals surface area contributed by atoms with E-state index in [1.165, 1.54) is 0 Å². The first kappa shape index (κ1) is 35.7. The summed E-state index contributed by atoms with van der Waals surface area (Å²) in [6, 6.07) is 13.4. The molecule has 11 nitrogen and oxygen atoms in total. The summed E-state index contributed by atoms with van der Waals surface area (Å²) in [7, 11) is 0. The van der Waals surface area contributed by atoms with E-state index in [1.807, 2.05) is 69.3 Å². The van der Waals surface area contributed by atoms with Crippen LogP contribution in [0.15, 0.2) is 73.8 Å². The molecular weight excluding hydrogens is 653 g/mol. The molecule has 0 radical (unpaired) electrons. The van der Waals surface area contributed by atoms with Crippen LogP contribution in [0.2, 0.25) is 0 Å². The topological polar surface area (TPSA) is 121 Å². The molecule has 0 saturated carbocycles. The van der Waals surface area contributed by atoms with Crippen molar-refractivity contribution in [2.24, 2.45) is 23.7 Å². The highest BCUT2D eigenvalue weighted by atomic mass is 32.2. The third-order valence-corrected chi connectivity index (χ3v) is 12.5. The number of fused-ring (bicyclic) bond motifs is 2. The van der Waals surface area contributed by atoms with Gasteiger partial charge in [0, 0.05) is 24.0 Å². The zero-order valence-electron chi connectivity index (χ0n) is 29.4. The molecule has 7 atom stereocenters. The summed E-state index contributed by atoms with van der Waals surface area (Å²) in [5, 5.41) is 19.3. The van der Waals surface area contributed by atoms with E-state index in [0.717, 1.165) is 5.52 Å². The van der Waals surface area contributed by atoms with Crippen molar-refractivity contribution in [1.29, 1.82) is 0 Å². The standard InChI is InChI=1S/C38H48N6O5S/c1-7-18-41(23-43-30-13-11-10-12-29(30)39-40-43)37(48)34-38-25(6)21-31(50-38)32(33(38)36(47)44(34)27(22-45)20-24(4)5)35(46)42(19-8-2)26-14-16-28(17-15-26)49-9-3/h7-8,10-17,24-25,27,31-34,45H,1-2,9,18-23H2,3-6H3/t25?,27-,31-,32+,33+,34?,38?/m1/s1. The first-order valence-electron chi connectivity index (χ1n) is 17.5. The predicted molar refractivity (Wildman–Crippen MR) is 195 cm³/mol. The normalized spacial score (nSPS) is 25.9. The van der Waals surface area contributed by atoms with Gasteiger partial charge in [0.15, 0.2) is 0 Å². The number of hydrogen-bond acceptors (Lipinski definition) is 8. The van der Waals surface area contributed by atoms with Gasteiger partial charge in [0.2, 0.25) is 17.7 Å². The number of ether oxygens (including phenoxy) is 1. The van der Waals surface area contributed by atoms with Crippen LogP contribution in [0.3, 0.4) is 0 Å². The maximum Gasteiger partial charge on any atom is 0.248 e. The highest BCUT2D eigenvalue weighted by molar-refractivity contribution is 8.02. The Morgan fingerprint density at radius 3 is 2.50 bits per heavy atom. The highest BCUT2D eigenvalue weighted by Gasteiger charge is 2.77. The molecular formula is C38H48N6O5S. The average Bonchev–Trinajstić information content (AvgIpc) is 3.83. The van der Waals surface area contributed by atoms with E-state index >= 15 is 9.59 Å². The van der Waals surface area contributed by atoms with E-state index in [0.29, 0.717) is 36.4 Å². The zero-order valence-corrected chi connectivity index (χ0v) is 30.2. The van der Waals surface area contributed by atoms with Gasteiger partial charge in [0.25, 0.3) is 0 Å². The molecule has 3 aliphatic heterocycles. The number of benzene rings is 2. The van der Waals surface area contributed by atoms with Crippen molar-refractivity contribution < 1.29 is 24.2 Å². The summed E-state index contributed by atoms with van der Waals surface area (Å²) in [6.07, 6.45) is 4.56. The molecule has 266 valence electrons. The van der Waals surface area contributed by atoms with Gasteiger partial charge in [-0.05, 0) is 68.0 Å². The van der Waals surface area contributed by atoms with Gasteiger partial charge >= 0.3 is 0 Å². The number of aliphatic hydroxyl groups excluding tert-OH is 1. The van der Waals surface area contributed by atoms with Crippen molar-refractivity contribution in [3.05, 3.63) is 73.8 Å². The largest absolute Gasteiger partial charge is 0.494 e. The fourth-order valence-electron chi connectivity index (χ4n) is 8.48. The second kappa shape index (κ2) is 14.6. The first-order chi connectivity index (χ1) is 24.1. The van der Waals surface area contributed by atoms with Gasteiger partial charge < -0.3 is 24.5 Å². The number of carbonyl (C=O) groups is 3. The number of para-hydroxylation sites is 1. The van der Waals surface area contributed by atoms with Gasteiger partial charge in [-0.1, -0.05) is 50.3 Å². The average molecular weight is 701 g/mol. The quantitative estimate of drug-likeness (QED) is 0.225. The molecule has 3 aromatic rings. The summed E-state index contributed by atoms with van der Waals surface area (Å²) in [4.78, 5) is 50.0. The van der Waals surface area contributed by atoms with Crippen molar-refractivity contribution in [2.75, 3.05) is 31.2 Å². The molecule has 6 rings (SSSR count). The van der Waals surface area contributed by atoms with E-state index in [4.69, 9.17) is 4.74 Å². The van der Waals surface area contributed by atoms with E-state index in [-0.39, 0.29) is 61.2 Å². The summed E-state index contributed by atoms with van der Waals surface area (Å²) in [5.41, 5.74) is 2.18. The molecule has 4 heterocycles. The highest BCUT2D eigenvalue weighted by Crippen LogP contribution is 2.69. The number of hydrogen-bond donors (Lipinski definition) is 1. The van der Waals surface area contributed by atoms with Gasteiger partial charge in [-0.2, -0.15) is 0 Å². The lowest BCUT2D eigenvalue weighted by Crippen LogP contribution is -2.59. The number of carbonyl (C=O) groups excluding carboxylic acids is 3. The molecule has 1 N–H and O–H groups in total. The van der Waals surface area contributed by atoms with E-state index < -0.39 is 28.7 Å². The number of thioether (sulfide) groups is 1. The summed E-state index contributed by atoms with van der Waals surface area (Å²) < 4.78 is 6.45. The minimum atomic E-state index is -0.897. The number of likely N-dealkylation sites (tertiary alicyclic amines) is 1. The fraction of sp³-hybridized carbons (Fsp3) is 0.500. The minimum absolute atomic E-state index is 0.0380. The Kier molecular flexibility index (Phi) is 10.4. The van der Waals surface area contributed by atoms with Crippen molar-refractivity contribution >= 4 is 46.2 Å². The van der Waals surface area contributed by atoms with E-state index in [2.05, 4.69) is 30.4 Å². The van der Waals surface area contributed by atoms with Gasteiger partial charge in [-0.25, -0.2) is 4.68 Å². The monoisotopic (exact) mass is 700 g/mol. The second-order valence-electron chi connectivity index (χ2n) is 14.0. The molecule has 0 aliphatic carbocycles. The second-order valence-corrected chi connectivity index (χ2v) is 15.5. The molecule has 1 spiro atoms. The van der Waals surface area contributed by atoms with Crippen LogP contribution in [0.25, 0.3) is 11.0 Å². The Hall–Kier alpha value is -4.16. The van der Waals surface area contributed by atoms with Gasteiger partial charge in [0.05, 0.1) is 41.4 Å². The summed E-state index contributed by atoms with van der Waals surface area (Å²) in [6.45, 7) is 16.8. The lowest BCUT2D eigenvalue weighted by Gasteiger charge is -2.42. The number of amides is 3. The van der Waals surface area contributed by atoms with Crippen molar-refractivity contribution in [1.82, 2.24) is 24.8 Å². The van der Waals surface area contributed by atoms with Gasteiger partial charge in [0.1, 0.15) is 24.0 Å². The van der Waals surface area contributed by atoms with Crippen LogP contribution < -0.4 is 9.64 Å². The van der Waals surface area contributed by atoms with E-state index in [9.17, 15) is 9.90 Å². The smallest absolute Gasteiger partial charge is 0.248 e. The minimum Gasteiger partial charge on any atom is -0.494 e. The number of rotatable bonds is 15. The van der Waals surface area contributed by atoms with Crippen LogP contribution in [0.5, 0.6) is 5.75 Å². The Labute approximate surface area is 298 Å². The number of nitrogens with zero attached hydrogens (tertiary/aromatic N) is 6. The first-order valence-corrected chi connectivity index (χ1v) is 18.4. The predicted octanol–water partition coefficient (Wildman–Crippen LogP) is 4.77. The molecule has 3 unspecified atom stereocenters. The van der Waals surface area contributed by atoms with Gasteiger partial charge in [-0.3, -0.25) is 14.4 Å². The maximum atomic E-state index is 15.2. The van der Waals surface area contributed by atoms with Crippen LogP contribution in [0, 0.1) is 23.7 Å². The molecule has 3 amide bonds. The molecule has 50 heavy (non-hydrogen) atoms. The Bertz CT molecular complexity index is 1740. The molecule has 3 fully saturated rings. The van der Waals surface area contributed by atoms with Crippen LogP contribution in [0.4, 0.5) is 5.69 Å². The Balaban J connectivity index is 1.42. The molecule has 2 aromatic carbocycles. The third-order valence-electron chi connectivity index (χ3n) is 10.5. The fourth-order valence-corrected chi connectivity index (χ4v) is 10.9. The molecule has 2 bridgehead atoms. The lowest BCUT2D eigenvalue weighted by atomic mass is 9.65. The molecule has 1 aromatic heterocycles. The number of aliphatic hydroxyl groups is 1. The lowest BCUT2D eigenvalue weighted by molar-refractivity contribution is -0.147. The van der Waals surface area contributed by atoms with E-state index in [1.54, 1.807) is 43.3 Å². The zero-order chi connectivity index (χ0) is 35.7. The summed E-state index contributed by atoms with van der Waals surface area (Å²) >= 11 is 1.62. The van der Waals surface area contributed by atoms with Crippen LogP contribution in [0.1, 0.15) is 40.5 Å². The SMILES string of the molecule is C=CCN(Cn1nnc2ccccc21)C(=O)C1N([C@@H](CO)CC(C)C)C(=O)[C@@H]2[C@@H](C(=O)N(CC=C)c3ccc(OCC)cc3)[C@H]3CC(C)C12S3. The molecule has 12 heteroatoms. The molecule has 3 aliphatic rings. The maximum absolute atomic E-state index is 15.2. The van der Waals surface area contributed by atoms with Crippen molar-refractivity contribution in [2.45, 2.75) is 69.3 Å². The van der Waals surface area contributed by atoms with Crippen molar-refractivity contribution in [3.63, 3.8) is 0 Å². The Morgan fingerprint density at radius 1 is 1.12 bits per heavy atom. The van der Waals surface area contributed by atoms with Crippen LogP contribution >= 0.6 is 11.8 Å². The number of anilines is 1. The van der Waals surface area contributed by atoms with Crippen LogP contribution in [-0.4, -0.2) is 96.0 Å². The van der Waals surface area contributed by atoms with Gasteiger partial charge in [-0.15, -0.1) is 30.0 Å². The van der Waals surface area contributed by atoms with Crippen LogP contribution in [-0.2, 0) is 21.1 Å². The number of aromatic nitrogens is 3. The van der Waals surface area contributed by atoms with Crippen molar-refractivity contribution in [3.8, 4) is 5.75 Å².